The molecule has 1 aliphatic rings. The Kier molecular flexibility index (Phi) is 3.79. The lowest BCUT2D eigenvalue weighted by Crippen LogP contribution is -2.15. The standard InChI is InChI=1S/C13H15BrN4O/c14-10-3-1-9(2-4-10)7-16-13-18-17-12(19-13)8-15-11-5-6-11/h1-4,11,15H,5-8H2,(H,16,18). The Morgan fingerprint density at radius 3 is 2.68 bits per heavy atom. The first-order valence-corrected chi connectivity index (χ1v) is 7.13. The van der Waals surface area contributed by atoms with E-state index in [1.165, 1.54) is 18.4 Å². The fourth-order valence-electron chi connectivity index (χ4n) is 1.70. The molecule has 1 aliphatic carbocycles. The van der Waals surface area contributed by atoms with Crippen LogP contribution in [0.2, 0.25) is 0 Å². The fraction of sp³-hybridized carbons (Fsp3) is 0.385. The van der Waals surface area contributed by atoms with Gasteiger partial charge >= 0.3 is 6.01 Å². The van der Waals surface area contributed by atoms with Crippen molar-refractivity contribution in [2.24, 2.45) is 0 Å². The molecule has 0 saturated heterocycles. The molecule has 0 bridgehead atoms. The lowest BCUT2D eigenvalue weighted by atomic mass is 10.2. The zero-order valence-electron chi connectivity index (χ0n) is 10.4. The zero-order valence-corrected chi connectivity index (χ0v) is 12.0. The third kappa shape index (κ3) is 3.78. The molecule has 3 rings (SSSR count). The maximum atomic E-state index is 5.50. The third-order valence-corrected chi connectivity index (χ3v) is 3.47. The van der Waals surface area contributed by atoms with Crippen molar-refractivity contribution in [3.8, 4) is 0 Å². The minimum Gasteiger partial charge on any atom is -0.407 e. The predicted octanol–water partition coefficient (Wildman–Crippen LogP) is 2.70. The van der Waals surface area contributed by atoms with Crippen LogP contribution >= 0.6 is 15.9 Å². The summed E-state index contributed by atoms with van der Waals surface area (Å²) in [5.74, 6) is 0.630. The van der Waals surface area contributed by atoms with E-state index >= 15 is 0 Å². The molecule has 6 heteroatoms. The maximum Gasteiger partial charge on any atom is 0.315 e. The van der Waals surface area contributed by atoms with Crippen molar-refractivity contribution in [3.63, 3.8) is 0 Å². The van der Waals surface area contributed by atoms with Crippen molar-refractivity contribution in [2.45, 2.75) is 32.0 Å². The molecule has 0 radical (unpaired) electrons. The molecule has 1 heterocycles. The molecule has 0 unspecified atom stereocenters. The van der Waals surface area contributed by atoms with Crippen LogP contribution in [-0.2, 0) is 13.1 Å². The molecule has 0 aliphatic heterocycles. The van der Waals surface area contributed by atoms with Crippen LogP contribution in [0.4, 0.5) is 6.01 Å². The first-order chi connectivity index (χ1) is 9.29. The van der Waals surface area contributed by atoms with Crippen LogP contribution in [0.5, 0.6) is 0 Å². The lowest BCUT2D eigenvalue weighted by molar-refractivity contribution is 0.475. The molecule has 0 atom stereocenters. The first-order valence-electron chi connectivity index (χ1n) is 6.34. The SMILES string of the molecule is Brc1ccc(CNc2nnc(CNC3CC3)o2)cc1. The summed E-state index contributed by atoms with van der Waals surface area (Å²) in [5, 5.41) is 14.4. The Labute approximate surface area is 119 Å². The second kappa shape index (κ2) is 5.71. The highest BCUT2D eigenvalue weighted by atomic mass is 79.9. The minimum absolute atomic E-state index is 0.468. The Morgan fingerprint density at radius 2 is 1.95 bits per heavy atom. The van der Waals surface area contributed by atoms with Crippen molar-refractivity contribution in [1.29, 1.82) is 0 Å². The quantitative estimate of drug-likeness (QED) is 0.856. The minimum atomic E-state index is 0.468. The largest absolute Gasteiger partial charge is 0.407 e. The molecule has 100 valence electrons. The van der Waals surface area contributed by atoms with E-state index in [1.807, 2.05) is 24.3 Å². The van der Waals surface area contributed by atoms with Gasteiger partial charge in [-0.2, -0.15) is 0 Å². The number of halogens is 1. The molecular weight excluding hydrogens is 308 g/mol. The monoisotopic (exact) mass is 322 g/mol. The molecule has 2 N–H and O–H groups in total. The summed E-state index contributed by atoms with van der Waals surface area (Å²) >= 11 is 3.41. The van der Waals surface area contributed by atoms with Gasteiger partial charge in [-0.05, 0) is 30.5 Å². The Hall–Kier alpha value is -1.40. The summed E-state index contributed by atoms with van der Waals surface area (Å²) in [7, 11) is 0. The van der Waals surface area contributed by atoms with E-state index in [0.29, 0.717) is 31.0 Å². The van der Waals surface area contributed by atoms with Crippen LogP contribution in [0.1, 0.15) is 24.3 Å². The molecular formula is C13H15BrN4O. The number of anilines is 1. The van der Waals surface area contributed by atoms with E-state index < -0.39 is 0 Å². The highest BCUT2D eigenvalue weighted by Crippen LogP contribution is 2.19. The van der Waals surface area contributed by atoms with Crippen LogP contribution in [-0.4, -0.2) is 16.2 Å². The highest BCUT2D eigenvalue weighted by Gasteiger charge is 2.21. The molecule has 1 aromatic heterocycles. The predicted molar refractivity (Wildman–Crippen MR) is 75.6 cm³/mol. The van der Waals surface area contributed by atoms with Gasteiger partial charge in [0.2, 0.25) is 5.89 Å². The number of nitrogens with zero attached hydrogens (tertiary/aromatic N) is 2. The van der Waals surface area contributed by atoms with Gasteiger partial charge in [0.1, 0.15) is 0 Å². The summed E-state index contributed by atoms with van der Waals surface area (Å²) in [5.41, 5.74) is 1.17. The summed E-state index contributed by atoms with van der Waals surface area (Å²) in [4.78, 5) is 0. The summed E-state index contributed by atoms with van der Waals surface area (Å²) in [6, 6.07) is 9.22. The van der Waals surface area contributed by atoms with E-state index in [2.05, 4.69) is 36.8 Å². The summed E-state index contributed by atoms with van der Waals surface area (Å²) in [6.45, 7) is 1.32. The van der Waals surface area contributed by atoms with E-state index in [4.69, 9.17) is 4.42 Å². The number of nitrogens with one attached hydrogen (secondary N) is 2. The second-order valence-corrected chi connectivity index (χ2v) is 5.55. The smallest absolute Gasteiger partial charge is 0.315 e. The Morgan fingerprint density at radius 1 is 1.16 bits per heavy atom. The highest BCUT2D eigenvalue weighted by molar-refractivity contribution is 9.10. The topological polar surface area (TPSA) is 63.0 Å². The van der Waals surface area contributed by atoms with Crippen LogP contribution < -0.4 is 10.6 Å². The Bertz CT molecular complexity index is 536. The number of hydrogen-bond acceptors (Lipinski definition) is 5. The molecule has 5 nitrogen and oxygen atoms in total. The fourth-order valence-corrected chi connectivity index (χ4v) is 1.96. The van der Waals surface area contributed by atoms with E-state index in [0.717, 1.165) is 4.47 Å². The second-order valence-electron chi connectivity index (χ2n) is 4.64. The van der Waals surface area contributed by atoms with Crippen LogP contribution in [0.15, 0.2) is 33.2 Å². The molecule has 0 spiro atoms. The van der Waals surface area contributed by atoms with Gasteiger partial charge in [0.25, 0.3) is 0 Å². The van der Waals surface area contributed by atoms with Crippen molar-refractivity contribution >= 4 is 21.9 Å². The number of benzene rings is 1. The van der Waals surface area contributed by atoms with Gasteiger partial charge in [0, 0.05) is 17.1 Å². The average Bonchev–Trinajstić information content (AvgIpc) is 3.15. The van der Waals surface area contributed by atoms with Gasteiger partial charge in [-0.25, -0.2) is 0 Å². The number of aromatic nitrogens is 2. The maximum absolute atomic E-state index is 5.50. The van der Waals surface area contributed by atoms with Crippen LogP contribution in [0.25, 0.3) is 0 Å². The van der Waals surface area contributed by atoms with Crippen molar-refractivity contribution < 1.29 is 4.42 Å². The van der Waals surface area contributed by atoms with Gasteiger partial charge in [0.05, 0.1) is 6.54 Å². The molecule has 1 aromatic carbocycles. The number of rotatable bonds is 6. The molecule has 2 aromatic rings. The van der Waals surface area contributed by atoms with Gasteiger partial charge in [-0.3, -0.25) is 0 Å². The van der Waals surface area contributed by atoms with Crippen molar-refractivity contribution in [2.75, 3.05) is 5.32 Å². The number of hydrogen-bond donors (Lipinski definition) is 2. The normalized spacial score (nSPS) is 14.6. The van der Waals surface area contributed by atoms with Gasteiger partial charge < -0.3 is 15.1 Å². The molecule has 19 heavy (non-hydrogen) atoms. The van der Waals surface area contributed by atoms with E-state index in [-0.39, 0.29) is 0 Å². The van der Waals surface area contributed by atoms with E-state index in [1.54, 1.807) is 0 Å². The summed E-state index contributed by atoms with van der Waals surface area (Å²) in [6.07, 6.45) is 2.51. The zero-order chi connectivity index (χ0) is 13.1. The van der Waals surface area contributed by atoms with Gasteiger partial charge in [-0.1, -0.05) is 33.2 Å². The molecule has 0 amide bonds. The van der Waals surface area contributed by atoms with E-state index in [9.17, 15) is 0 Å². The lowest BCUT2D eigenvalue weighted by Gasteiger charge is -2.01. The third-order valence-electron chi connectivity index (χ3n) is 2.94. The Balaban J connectivity index is 1.50. The summed E-state index contributed by atoms with van der Waals surface area (Å²) < 4.78 is 6.57. The first kappa shape index (κ1) is 12.6. The molecule has 1 fully saturated rings. The van der Waals surface area contributed by atoms with Crippen LogP contribution in [0.3, 0.4) is 0 Å². The van der Waals surface area contributed by atoms with Crippen LogP contribution in [0, 0.1) is 0 Å². The average molecular weight is 323 g/mol. The molecule has 1 saturated carbocycles. The van der Waals surface area contributed by atoms with Gasteiger partial charge in [-0.15, -0.1) is 5.10 Å². The van der Waals surface area contributed by atoms with Crippen molar-refractivity contribution in [1.82, 2.24) is 15.5 Å². The van der Waals surface area contributed by atoms with Crippen molar-refractivity contribution in [3.05, 3.63) is 40.2 Å². The van der Waals surface area contributed by atoms with Gasteiger partial charge in [0.15, 0.2) is 0 Å².